The van der Waals surface area contributed by atoms with Crippen molar-refractivity contribution in [1.29, 1.82) is 0 Å². The largest absolute Gasteiger partial charge is 0.345 e. The van der Waals surface area contributed by atoms with Crippen molar-refractivity contribution >= 4 is 11.8 Å². The molecular formula is C27H33N7O2. The van der Waals surface area contributed by atoms with Gasteiger partial charge in [0.05, 0.1) is 5.41 Å². The normalized spacial score (nSPS) is 14.7. The molecule has 0 unspecified atom stereocenters. The zero-order valence-electron chi connectivity index (χ0n) is 21.5. The molecule has 188 valence electrons. The number of tetrazole rings is 1. The molecule has 1 heterocycles. The third-order valence-corrected chi connectivity index (χ3v) is 7.01. The Morgan fingerprint density at radius 2 is 1.50 bits per heavy atom. The standard InChI is InChI=1S/C27H33N7O2/c1-16(2)23(28)15-27(26-29-31-32-30-26)21-11-9-19(24(35)33(3)4)13-17(21)7-8-18-14-20(10-12-22(18)27)25(36)34(5)6/h9-14,23H,1,7-8,15,28H2,2-6H3,(H,29,30,31,32)/t23-/m0/s1. The van der Waals surface area contributed by atoms with Gasteiger partial charge in [-0.15, -0.1) is 5.10 Å². The Labute approximate surface area is 211 Å². The first-order chi connectivity index (χ1) is 17.1. The van der Waals surface area contributed by atoms with E-state index in [0.29, 0.717) is 36.2 Å². The van der Waals surface area contributed by atoms with Gasteiger partial charge in [0.15, 0.2) is 5.82 Å². The van der Waals surface area contributed by atoms with Gasteiger partial charge >= 0.3 is 0 Å². The first-order valence-electron chi connectivity index (χ1n) is 11.9. The molecule has 1 aromatic heterocycles. The van der Waals surface area contributed by atoms with Gasteiger partial charge in [0.25, 0.3) is 11.8 Å². The highest BCUT2D eigenvalue weighted by Crippen LogP contribution is 2.47. The average Bonchev–Trinajstić information content (AvgIpc) is 3.36. The molecule has 0 saturated heterocycles. The fraction of sp³-hybridized carbons (Fsp3) is 0.370. The van der Waals surface area contributed by atoms with Crippen LogP contribution < -0.4 is 5.73 Å². The average molecular weight is 488 g/mol. The van der Waals surface area contributed by atoms with Gasteiger partial charge < -0.3 is 15.5 Å². The molecule has 1 aliphatic rings. The van der Waals surface area contributed by atoms with E-state index in [4.69, 9.17) is 5.73 Å². The van der Waals surface area contributed by atoms with E-state index in [1.165, 1.54) is 0 Å². The molecule has 1 aliphatic carbocycles. The van der Waals surface area contributed by atoms with Crippen LogP contribution in [0.15, 0.2) is 48.6 Å². The van der Waals surface area contributed by atoms with Gasteiger partial charge in [-0.2, -0.15) is 0 Å². The molecule has 0 fully saturated rings. The summed E-state index contributed by atoms with van der Waals surface area (Å²) in [7, 11) is 6.96. The number of nitrogens with zero attached hydrogens (tertiary/aromatic N) is 5. The van der Waals surface area contributed by atoms with Crippen LogP contribution >= 0.6 is 0 Å². The smallest absolute Gasteiger partial charge is 0.253 e. The maximum Gasteiger partial charge on any atom is 0.253 e. The summed E-state index contributed by atoms with van der Waals surface area (Å²) in [6.45, 7) is 6.00. The molecule has 2 aromatic carbocycles. The topological polar surface area (TPSA) is 121 Å². The molecule has 3 aromatic rings. The molecule has 0 saturated carbocycles. The first kappa shape index (κ1) is 25.2. The molecule has 0 bridgehead atoms. The Morgan fingerprint density at radius 1 is 1.00 bits per heavy atom. The summed E-state index contributed by atoms with van der Waals surface area (Å²) in [6, 6.07) is 11.3. The number of fused-ring (bicyclic) bond motifs is 2. The van der Waals surface area contributed by atoms with Crippen LogP contribution in [0.4, 0.5) is 0 Å². The second-order valence-electron chi connectivity index (χ2n) is 9.96. The van der Waals surface area contributed by atoms with E-state index < -0.39 is 5.41 Å². The van der Waals surface area contributed by atoms with Gasteiger partial charge in [0, 0.05) is 45.4 Å². The highest BCUT2D eigenvalue weighted by atomic mass is 16.2. The molecule has 0 radical (unpaired) electrons. The first-order valence-corrected chi connectivity index (χ1v) is 11.9. The molecular weight excluding hydrogens is 454 g/mol. The zero-order valence-corrected chi connectivity index (χ0v) is 21.5. The minimum atomic E-state index is -0.831. The van der Waals surface area contributed by atoms with Crippen molar-refractivity contribution in [2.24, 2.45) is 5.73 Å². The van der Waals surface area contributed by atoms with Crippen LogP contribution in [0.1, 0.15) is 62.1 Å². The molecule has 0 spiro atoms. The Kier molecular flexibility index (Phi) is 6.77. The monoisotopic (exact) mass is 487 g/mol. The summed E-state index contributed by atoms with van der Waals surface area (Å²) >= 11 is 0. The van der Waals surface area contributed by atoms with Crippen LogP contribution in [-0.2, 0) is 18.3 Å². The van der Waals surface area contributed by atoms with Crippen molar-refractivity contribution in [1.82, 2.24) is 30.4 Å². The van der Waals surface area contributed by atoms with Crippen LogP contribution in [-0.4, -0.2) is 76.5 Å². The Morgan fingerprint density at radius 3 is 1.89 bits per heavy atom. The number of nitrogens with two attached hydrogens (primary N) is 1. The second kappa shape index (κ2) is 9.66. The second-order valence-corrected chi connectivity index (χ2v) is 9.96. The van der Waals surface area contributed by atoms with Crippen LogP contribution in [0.3, 0.4) is 0 Å². The van der Waals surface area contributed by atoms with E-state index >= 15 is 0 Å². The lowest BCUT2D eigenvalue weighted by Crippen LogP contribution is -2.39. The third kappa shape index (κ3) is 4.30. The van der Waals surface area contributed by atoms with Crippen molar-refractivity contribution in [3.63, 3.8) is 0 Å². The van der Waals surface area contributed by atoms with Gasteiger partial charge in [0.2, 0.25) is 0 Å². The molecule has 4 rings (SSSR count). The minimum absolute atomic E-state index is 0.0657. The van der Waals surface area contributed by atoms with Crippen LogP contribution in [0.5, 0.6) is 0 Å². The summed E-state index contributed by atoms with van der Waals surface area (Å²) in [6.07, 6.45) is 1.82. The van der Waals surface area contributed by atoms with Gasteiger partial charge in [-0.3, -0.25) is 9.59 Å². The van der Waals surface area contributed by atoms with Crippen LogP contribution in [0.25, 0.3) is 0 Å². The number of amides is 2. The van der Waals surface area contributed by atoms with Gasteiger partial charge in [-0.05, 0) is 83.1 Å². The zero-order chi connectivity index (χ0) is 26.2. The molecule has 3 N–H and O–H groups in total. The van der Waals surface area contributed by atoms with Crippen molar-refractivity contribution in [3.8, 4) is 0 Å². The van der Waals surface area contributed by atoms with Gasteiger partial charge in [-0.25, -0.2) is 5.10 Å². The number of rotatable bonds is 6. The number of aromatic nitrogens is 4. The minimum Gasteiger partial charge on any atom is -0.345 e. The lowest BCUT2D eigenvalue weighted by Gasteiger charge is -2.36. The number of H-pyrrole nitrogens is 1. The van der Waals surface area contributed by atoms with E-state index in [1.807, 2.05) is 43.3 Å². The molecule has 9 nitrogen and oxygen atoms in total. The lowest BCUT2D eigenvalue weighted by atomic mass is 9.67. The number of aryl methyl sites for hydroxylation is 2. The van der Waals surface area contributed by atoms with Crippen molar-refractivity contribution in [2.45, 2.75) is 37.6 Å². The van der Waals surface area contributed by atoms with E-state index in [1.54, 1.807) is 38.0 Å². The summed E-state index contributed by atoms with van der Waals surface area (Å²) in [5, 5.41) is 15.2. The van der Waals surface area contributed by atoms with E-state index in [0.717, 1.165) is 27.8 Å². The number of hydrogen-bond donors (Lipinski definition) is 2. The maximum absolute atomic E-state index is 12.8. The number of aromatic amines is 1. The van der Waals surface area contributed by atoms with E-state index in [-0.39, 0.29) is 17.9 Å². The number of hydrogen-bond acceptors (Lipinski definition) is 6. The molecule has 36 heavy (non-hydrogen) atoms. The summed E-state index contributed by atoms with van der Waals surface area (Å²) in [5.74, 6) is 0.426. The predicted molar refractivity (Wildman–Crippen MR) is 138 cm³/mol. The summed E-state index contributed by atoms with van der Waals surface area (Å²) in [4.78, 5) is 28.7. The number of carbonyl (C=O) groups excluding carboxylic acids is 2. The molecule has 2 amide bonds. The number of benzene rings is 2. The van der Waals surface area contributed by atoms with Crippen LogP contribution in [0.2, 0.25) is 0 Å². The quantitative estimate of drug-likeness (QED) is 0.515. The number of nitrogens with one attached hydrogen (secondary N) is 1. The lowest BCUT2D eigenvalue weighted by molar-refractivity contribution is 0.0820. The van der Waals surface area contributed by atoms with Crippen molar-refractivity contribution < 1.29 is 9.59 Å². The highest BCUT2D eigenvalue weighted by molar-refractivity contribution is 5.95. The Hall–Kier alpha value is -3.85. The molecule has 1 atom stereocenters. The predicted octanol–water partition coefficient (Wildman–Crippen LogP) is 2.33. The van der Waals surface area contributed by atoms with Crippen LogP contribution in [0, 0.1) is 0 Å². The Balaban J connectivity index is 2.03. The van der Waals surface area contributed by atoms with Crippen molar-refractivity contribution in [3.05, 3.63) is 87.8 Å². The maximum atomic E-state index is 12.8. The molecule has 9 heteroatoms. The number of carbonyl (C=O) groups is 2. The van der Waals surface area contributed by atoms with Crippen molar-refractivity contribution in [2.75, 3.05) is 28.2 Å². The Bertz CT molecular complexity index is 1240. The van der Waals surface area contributed by atoms with Gasteiger partial charge in [-0.1, -0.05) is 24.3 Å². The fourth-order valence-electron chi connectivity index (χ4n) is 5.05. The summed E-state index contributed by atoms with van der Waals surface area (Å²) < 4.78 is 0. The summed E-state index contributed by atoms with van der Waals surface area (Å²) in [5.41, 5.74) is 11.9. The third-order valence-electron chi connectivity index (χ3n) is 7.01. The SMILES string of the molecule is C=C(C)[C@@H](N)CC1(c2nnn[nH]2)c2ccc(C(=O)N(C)C)cc2CCc2cc(C(=O)N(C)C)ccc21. The van der Waals surface area contributed by atoms with E-state index in [9.17, 15) is 9.59 Å². The highest BCUT2D eigenvalue weighted by Gasteiger charge is 2.45. The van der Waals surface area contributed by atoms with E-state index in [2.05, 4.69) is 27.2 Å². The molecule has 0 aliphatic heterocycles. The van der Waals surface area contributed by atoms with Gasteiger partial charge in [0.1, 0.15) is 0 Å². The fourth-order valence-corrected chi connectivity index (χ4v) is 5.05.